The lowest BCUT2D eigenvalue weighted by Crippen LogP contribution is -2.25. The van der Waals surface area contributed by atoms with Crippen LogP contribution >= 0.6 is 0 Å². The minimum atomic E-state index is 0.698. The van der Waals surface area contributed by atoms with Crippen LogP contribution in [0, 0.1) is 0 Å². The van der Waals surface area contributed by atoms with Crippen LogP contribution in [-0.2, 0) is 9.47 Å². The van der Waals surface area contributed by atoms with Crippen LogP contribution in [0.15, 0.2) is 0 Å². The number of ether oxygens (including phenoxy) is 2. The van der Waals surface area contributed by atoms with Crippen LogP contribution in [0.5, 0.6) is 0 Å². The third kappa shape index (κ3) is 8.55. The second-order valence-corrected chi connectivity index (χ2v) is 4.61. The fourth-order valence-electron chi connectivity index (χ4n) is 2.10. The van der Waals surface area contributed by atoms with Gasteiger partial charge in [-0.25, -0.2) is 0 Å². The van der Waals surface area contributed by atoms with Gasteiger partial charge < -0.3 is 19.7 Å². The topological polar surface area (TPSA) is 33.7 Å². The van der Waals surface area contributed by atoms with Crippen molar-refractivity contribution in [3.8, 4) is 0 Å². The smallest absolute Gasteiger partial charge is 0.0700 e. The maximum absolute atomic E-state index is 5.39. The largest absolute Gasteiger partial charge is 0.382 e. The number of rotatable bonds is 11. The zero-order valence-electron chi connectivity index (χ0n) is 11.2. The summed E-state index contributed by atoms with van der Waals surface area (Å²) >= 11 is 0. The Morgan fingerprint density at radius 1 is 1.00 bits per heavy atom. The zero-order chi connectivity index (χ0) is 12.2. The number of nitrogens with one attached hydrogen (secondary N) is 1. The molecule has 0 atom stereocenters. The summed E-state index contributed by atoms with van der Waals surface area (Å²) in [6, 6.07) is 0. The lowest BCUT2D eigenvalue weighted by molar-refractivity contribution is 0.0695. The average molecular weight is 244 g/mol. The molecule has 0 amide bonds. The van der Waals surface area contributed by atoms with Gasteiger partial charge in [-0.3, -0.25) is 0 Å². The summed E-state index contributed by atoms with van der Waals surface area (Å²) in [6.45, 7) is 8.33. The van der Waals surface area contributed by atoms with Gasteiger partial charge in [0.05, 0.1) is 13.2 Å². The lowest BCUT2D eigenvalue weighted by atomic mass is 10.3. The van der Waals surface area contributed by atoms with E-state index in [0.29, 0.717) is 13.2 Å². The maximum atomic E-state index is 5.39. The molecule has 1 saturated heterocycles. The number of likely N-dealkylation sites (tertiary alicyclic amines) is 1. The summed E-state index contributed by atoms with van der Waals surface area (Å²) < 4.78 is 10.3. The van der Waals surface area contributed by atoms with Gasteiger partial charge in [-0.2, -0.15) is 0 Å². The average Bonchev–Trinajstić information content (AvgIpc) is 2.85. The lowest BCUT2D eigenvalue weighted by Gasteiger charge is -2.14. The first-order valence-electron chi connectivity index (χ1n) is 6.93. The van der Waals surface area contributed by atoms with E-state index >= 15 is 0 Å². The highest BCUT2D eigenvalue weighted by Crippen LogP contribution is 2.06. The Morgan fingerprint density at radius 3 is 2.53 bits per heavy atom. The Labute approximate surface area is 106 Å². The summed E-state index contributed by atoms with van der Waals surface area (Å²) in [7, 11) is 1.70. The zero-order valence-corrected chi connectivity index (χ0v) is 11.2. The molecule has 0 saturated carbocycles. The van der Waals surface area contributed by atoms with E-state index in [2.05, 4.69) is 10.2 Å². The number of nitrogens with zero attached hydrogens (tertiary/aromatic N) is 1. The minimum Gasteiger partial charge on any atom is -0.382 e. The molecular formula is C13H28N2O2. The van der Waals surface area contributed by atoms with E-state index < -0.39 is 0 Å². The van der Waals surface area contributed by atoms with Crippen LogP contribution < -0.4 is 5.32 Å². The van der Waals surface area contributed by atoms with E-state index in [1.807, 2.05) is 0 Å². The van der Waals surface area contributed by atoms with Crippen LogP contribution in [0.2, 0.25) is 0 Å². The van der Waals surface area contributed by atoms with Gasteiger partial charge in [-0.05, 0) is 58.4 Å². The Balaban J connectivity index is 1.69. The molecule has 0 bridgehead atoms. The highest BCUT2D eigenvalue weighted by Gasteiger charge is 2.09. The Kier molecular flexibility index (Phi) is 9.61. The van der Waals surface area contributed by atoms with Crippen molar-refractivity contribution in [3.05, 3.63) is 0 Å². The normalized spacial score (nSPS) is 16.8. The highest BCUT2D eigenvalue weighted by molar-refractivity contribution is 4.66. The van der Waals surface area contributed by atoms with Crippen LogP contribution in [0.1, 0.15) is 25.7 Å². The third-order valence-corrected chi connectivity index (χ3v) is 3.10. The molecule has 4 nitrogen and oxygen atoms in total. The van der Waals surface area contributed by atoms with Crippen molar-refractivity contribution in [2.24, 2.45) is 0 Å². The predicted octanol–water partition coefficient (Wildman–Crippen LogP) is 1.12. The first kappa shape index (κ1) is 14.9. The Morgan fingerprint density at radius 2 is 1.76 bits per heavy atom. The first-order chi connectivity index (χ1) is 8.43. The molecule has 0 spiro atoms. The van der Waals surface area contributed by atoms with Gasteiger partial charge in [0, 0.05) is 13.7 Å². The molecule has 0 radical (unpaired) electrons. The second kappa shape index (κ2) is 11.0. The Hall–Kier alpha value is -0.160. The molecular weight excluding hydrogens is 216 g/mol. The van der Waals surface area contributed by atoms with E-state index in [1.165, 1.54) is 38.9 Å². The molecule has 4 heteroatoms. The quantitative estimate of drug-likeness (QED) is 0.552. The molecule has 1 rings (SSSR count). The molecule has 1 aliphatic rings. The van der Waals surface area contributed by atoms with E-state index in [1.54, 1.807) is 7.11 Å². The number of hydrogen-bond acceptors (Lipinski definition) is 4. The molecule has 1 fully saturated rings. The predicted molar refractivity (Wildman–Crippen MR) is 70.5 cm³/mol. The van der Waals surface area contributed by atoms with Gasteiger partial charge in [0.15, 0.2) is 0 Å². The third-order valence-electron chi connectivity index (χ3n) is 3.10. The molecule has 0 aromatic rings. The monoisotopic (exact) mass is 244 g/mol. The van der Waals surface area contributed by atoms with Crippen molar-refractivity contribution < 1.29 is 9.47 Å². The van der Waals surface area contributed by atoms with E-state index in [9.17, 15) is 0 Å². The summed E-state index contributed by atoms with van der Waals surface area (Å²) in [4.78, 5) is 2.57. The summed E-state index contributed by atoms with van der Waals surface area (Å²) in [5.41, 5.74) is 0. The van der Waals surface area contributed by atoms with Gasteiger partial charge in [0.25, 0.3) is 0 Å². The molecule has 1 heterocycles. The maximum Gasteiger partial charge on any atom is 0.0700 e. The molecule has 0 aromatic heterocycles. The van der Waals surface area contributed by atoms with Crippen molar-refractivity contribution in [2.75, 3.05) is 59.7 Å². The molecule has 102 valence electrons. The molecule has 0 aromatic carbocycles. The van der Waals surface area contributed by atoms with Gasteiger partial charge in [-0.15, -0.1) is 0 Å². The molecule has 0 aliphatic carbocycles. The summed E-state index contributed by atoms with van der Waals surface area (Å²) in [5, 5.41) is 3.46. The highest BCUT2D eigenvalue weighted by atomic mass is 16.5. The van der Waals surface area contributed by atoms with E-state index in [-0.39, 0.29) is 0 Å². The molecule has 1 aliphatic heterocycles. The second-order valence-electron chi connectivity index (χ2n) is 4.61. The van der Waals surface area contributed by atoms with E-state index in [4.69, 9.17) is 9.47 Å². The van der Waals surface area contributed by atoms with Gasteiger partial charge in [0.2, 0.25) is 0 Å². The molecule has 0 unspecified atom stereocenters. The van der Waals surface area contributed by atoms with E-state index in [0.717, 1.165) is 26.1 Å². The van der Waals surface area contributed by atoms with Crippen molar-refractivity contribution in [1.29, 1.82) is 0 Å². The molecule has 1 N–H and O–H groups in total. The van der Waals surface area contributed by atoms with Crippen LogP contribution in [-0.4, -0.2) is 64.6 Å². The van der Waals surface area contributed by atoms with Crippen LogP contribution in [0.25, 0.3) is 0 Å². The van der Waals surface area contributed by atoms with Crippen LogP contribution in [0.4, 0.5) is 0 Å². The summed E-state index contributed by atoms with van der Waals surface area (Å²) in [6.07, 6.45) is 5.15. The minimum absolute atomic E-state index is 0.698. The van der Waals surface area contributed by atoms with Gasteiger partial charge >= 0.3 is 0 Å². The SMILES string of the molecule is COCCOCCCNCCCN1CCCC1. The fraction of sp³-hybridized carbons (Fsp3) is 1.00. The first-order valence-corrected chi connectivity index (χ1v) is 6.93. The number of hydrogen-bond donors (Lipinski definition) is 1. The van der Waals surface area contributed by atoms with Crippen molar-refractivity contribution in [3.63, 3.8) is 0 Å². The van der Waals surface area contributed by atoms with Crippen molar-refractivity contribution in [2.45, 2.75) is 25.7 Å². The Bertz CT molecular complexity index is 161. The standard InChI is InChI=1S/C13H28N2O2/c1-16-12-13-17-11-5-7-14-6-4-10-15-8-2-3-9-15/h14H,2-13H2,1H3. The number of methoxy groups -OCH3 is 1. The van der Waals surface area contributed by atoms with Crippen LogP contribution in [0.3, 0.4) is 0 Å². The van der Waals surface area contributed by atoms with Crippen molar-refractivity contribution in [1.82, 2.24) is 10.2 Å². The summed E-state index contributed by atoms with van der Waals surface area (Å²) in [5.74, 6) is 0. The molecule has 17 heavy (non-hydrogen) atoms. The fourth-order valence-corrected chi connectivity index (χ4v) is 2.10. The van der Waals surface area contributed by atoms with Gasteiger partial charge in [0.1, 0.15) is 0 Å². The van der Waals surface area contributed by atoms with Gasteiger partial charge in [-0.1, -0.05) is 0 Å². The van der Waals surface area contributed by atoms with Crippen molar-refractivity contribution >= 4 is 0 Å².